The first-order valence-corrected chi connectivity index (χ1v) is 7.78. The smallest absolute Gasteiger partial charge is 0.163 e. The molecule has 2 heterocycles. The molecule has 1 aromatic carbocycles. The van der Waals surface area contributed by atoms with Gasteiger partial charge in [0.05, 0.1) is 0 Å². The van der Waals surface area contributed by atoms with Gasteiger partial charge in [0.1, 0.15) is 12.2 Å². The Balaban J connectivity index is 1.82. The van der Waals surface area contributed by atoms with Crippen molar-refractivity contribution in [1.29, 1.82) is 0 Å². The molecule has 4 atom stereocenters. The maximum Gasteiger partial charge on any atom is 0.163 e. The highest BCUT2D eigenvalue weighted by Gasteiger charge is 2.55. The van der Waals surface area contributed by atoms with Crippen LogP contribution >= 0.6 is 0 Å². The Hall–Kier alpha value is -1.16. The van der Waals surface area contributed by atoms with E-state index in [1.54, 1.807) is 0 Å². The average Bonchev–Trinajstić information content (AvgIpc) is 2.88. The van der Waals surface area contributed by atoms with Gasteiger partial charge >= 0.3 is 0 Å². The quantitative estimate of drug-likeness (QED) is 0.793. The number of rotatable bonds is 4. The van der Waals surface area contributed by atoms with E-state index in [1.165, 1.54) is 5.56 Å². The summed E-state index contributed by atoms with van der Waals surface area (Å²) < 4.78 is 12.3. The van der Waals surface area contributed by atoms with Crippen molar-refractivity contribution in [2.45, 2.75) is 63.8 Å². The molecule has 0 bridgehead atoms. The molecule has 114 valence electrons. The number of likely N-dealkylation sites (tertiary alicyclic amines) is 1. The molecule has 21 heavy (non-hydrogen) atoms. The summed E-state index contributed by atoms with van der Waals surface area (Å²) in [5, 5.41) is 0. The summed E-state index contributed by atoms with van der Waals surface area (Å²) in [6.45, 7) is 11.1. The predicted molar refractivity (Wildman–Crippen MR) is 83.9 cm³/mol. The number of ether oxygens (including phenoxy) is 2. The third-order valence-electron chi connectivity index (χ3n) is 4.58. The molecule has 0 amide bonds. The molecule has 0 aliphatic carbocycles. The molecule has 2 aliphatic heterocycles. The average molecular weight is 287 g/mol. The van der Waals surface area contributed by atoms with Gasteiger partial charge in [0.2, 0.25) is 0 Å². The van der Waals surface area contributed by atoms with Crippen molar-refractivity contribution in [3.8, 4) is 0 Å². The van der Waals surface area contributed by atoms with E-state index < -0.39 is 5.79 Å². The molecule has 0 aromatic heterocycles. The Morgan fingerprint density at radius 2 is 1.86 bits per heavy atom. The third-order valence-corrected chi connectivity index (χ3v) is 4.58. The molecule has 0 N–H and O–H groups in total. The summed E-state index contributed by atoms with van der Waals surface area (Å²) in [6.07, 6.45) is 3.20. The first-order chi connectivity index (χ1) is 10.0. The molecule has 3 rings (SSSR count). The van der Waals surface area contributed by atoms with Crippen LogP contribution in [0.25, 0.3) is 0 Å². The van der Waals surface area contributed by atoms with E-state index in [0.717, 1.165) is 13.0 Å². The second-order valence-corrected chi connectivity index (χ2v) is 6.56. The number of benzene rings is 1. The summed E-state index contributed by atoms with van der Waals surface area (Å²) in [5.74, 6) is -0.470. The maximum atomic E-state index is 6.16. The van der Waals surface area contributed by atoms with Gasteiger partial charge in [0.15, 0.2) is 5.79 Å². The van der Waals surface area contributed by atoms with E-state index in [0.29, 0.717) is 12.1 Å². The Labute approximate surface area is 127 Å². The van der Waals surface area contributed by atoms with Crippen LogP contribution in [-0.2, 0) is 16.0 Å². The van der Waals surface area contributed by atoms with Crippen molar-refractivity contribution >= 4 is 0 Å². The van der Waals surface area contributed by atoms with Gasteiger partial charge < -0.3 is 9.47 Å². The maximum absolute atomic E-state index is 6.16. The Morgan fingerprint density at radius 3 is 2.52 bits per heavy atom. The third kappa shape index (κ3) is 2.78. The highest BCUT2D eigenvalue weighted by Crippen LogP contribution is 2.41. The molecule has 2 fully saturated rings. The fourth-order valence-corrected chi connectivity index (χ4v) is 3.66. The normalized spacial score (nSPS) is 34.8. The van der Waals surface area contributed by atoms with Crippen LogP contribution in [0.3, 0.4) is 0 Å². The molecule has 0 unspecified atom stereocenters. The Bertz CT molecular complexity index is 499. The van der Waals surface area contributed by atoms with Crippen LogP contribution < -0.4 is 0 Å². The van der Waals surface area contributed by atoms with Gasteiger partial charge in [-0.2, -0.15) is 0 Å². The van der Waals surface area contributed by atoms with Gasteiger partial charge in [-0.05, 0) is 32.8 Å². The SMILES string of the molecule is C=CC[C@@H]1[C@@H]2OC(C)(C)O[C@@H]2[C@H](C)N1Cc1ccccc1. The van der Waals surface area contributed by atoms with Crippen molar-refractivity contribution < 1.29 is 9.47 Å². The summed E-state index contributed by atoms with van der Waals surface area (Å²) in [5.41, 5.74) is 1.33. The van der Waals surface area contributed by atoms with Crippen molar-refractivity contribution in [3.63, 3.8) is 0 Å². The topological polar surface area (TPSA) is 21.7 Å². The second-order valence-electron chi connectivity index (χ2n) is 6.56. The van der Waals surface area contributed by atoms with Crippen LogP contribution in [0.4, 0.5) is 0 Å². The van der Waals surface area contributed by atoms with E-state index in [1.807, 2.05) is 19.9 Å². The van der Waals surface area contributed by atoms with Crippen molar-refractivity contribution in [3.05, 3.63) is 48.6 Å². The van der Waals surface area contributed by atoms with Crippen LogP contribution in [0.2, 0.25) is 0 Å². The van der Waals surface area contributed by atoms with E-state index in [4.69, 9.17) is 9.47 Å². The van der Waals surface area contributed by atoms with Crippen molar-refractivity contribution in [2.24, 2.45) is 0 Å². The van der Waals surface area contributed by atoms with Crippen LogP contribution in [0.1, 0.15) is 32.8 Å². The van der Waals surface area contributed by atoms with Gasteiger partial charge in [0, 0.05) is 18.6 Å². The fraction of sp³-hybridized carbons (Fsp3) is 0.556. The number of hydrogen-bond donors (Lipinski definition) is 0. The van der Waals surface area contributed by atoms with Crippen molar-refractivity contribution in [1.82, 2.24) is 4.90 Å². The Morgan fingerprint density at radius 1 is 1.19 bits per heavy atom. The zero-order valence-corrected chi connectivity index (χ0v) is 13.2. The molecule has 2 saturated heterocycles. The molecule has 1 aromatic rings. The molecule has 0 radical (unpaired) electrons. The molecular formula is C18H25NO2. The molecule has 3 nitrogen and oxygen atoms in total. The van der Waals surface area contributed by atoms with E-state index in [-0.39, 0.29) is 12.2 Å². The lowest BCUT2D eigenvalue weighted by Crippen LogP contribution is -2.40. The lowest BCUT2D eigenvalue weighted by molar-refractivity contribution is -0.167. The molecule has 0 spiro atoms. The standard InChI is InChI=1S/C18H25NO2/c1-5-9-15-17-16(20-18(3,4)21-17)13(2)19(15)12-14-10-7-6-8-11-14/h5-8,10-11,13,15-17H,1,9,12H2,2-4H3/t13-,15+,16+,17-/m0/s1. The summed E-state index contributed by atoms with van der Waals surface area (Å²) in [7, 11) is 0. The van der Waals surface area contributed by atoms with Crippen LogP contribution in [-0.4, -0.2) is 35.0 Å². The lowest BCUT2D eigenvalue weighted by Gasteiger charge is -2.32. The molecular weight excluding hydrogens is 262 g/mol. The summed E-state index contributed by atoms with van der Waals surface area (Å²) >= 11 is 0. The van der Waals surface area contributed by atoms with Crippen molar-refractivity contribution in [2.75, 3.05) is 0 Å². The minimum Gasteiger partial charge on any atom is -0.343 e. The molecule has 3 heteroatoms. The molecule has 2 aliphatic rings. The minimum atomic E-state index is -0.470. The zero-order chi connectivity index (χ0) is 15.0. The van der Waals surface area contributed by atoms with E-state index in [2.05, 4.69) is 48.7 Å². The number of fused-ring (bicyclic) bond motifs is 1. The Kier molecular flexibility index (Phi) is 3.91. The first kappa shape index (κ1) is 14.8. The first-order valence-electron chi connectivity index (χ1n) is 7.78. The highest BCUT2D eigenvalue weighted by atomic mass is 16.8. The van der Waals surface area contributed by atoms with Gasteiger partial charge in [-0.25, -0.2) is 0 Å². The largest absolute Gasteiger partial charge is 0.343 e. The lowest BCUT2D eigenvalue weighted by atomic mass is 10.1. The highest BCUT2D eigenvalue weighted by molar-refractivity contribution is 5.17. The van der Waals surface area contributed by atoms with E-state index in [9.17, 15) is 0 Å². The number of nitrogens with zero attached hydrogens (tertiary/aromatic N) is 1. The van der Waals surface area contributed by atoms with Crippen LogP contribution in [0.15, 0.2) is 43.0 Å². The number of hydrogen-bond acceptors (Lipinski definition) is 3. The fourth-order valence-electron chi connectivity index (χ4n) is 3.66. The van der Waals surface area contributed by atoms with Gasteiger partial charge in [-0.3, -0.25) is 4.90 Å². The minimum absolute atomic E-state index is 0.136. The monoisotopic (exact) mass is 287 g/mol. The van der Waals surface area contributed by atoms with Crippen LogP contribution in [0.5, 0.6) is 0 Å². The van der Waals surface area contributed by atoms with E-state index >= 15 is 0 Å². The second kappa shape index (κ2) is 5.56. The summed E-state index contributed by atoms with van der Waals surface area (Å²) in [4.78, 5) is 2.50. The van der Waals surface area contributed by atoms with Crippen LogP contribution in [0, 0.1) is 0 Å². The summed E-state index contributed by atoms with van der Waals surface area (Å²) in [6, 6.07) is 11.3. The predicted octanol–water partition coefficient (Wildman–Crippen LogP) is 3.36. The van der Waals surface area contributed by atoms with Gasteiger partial charge in [0.25, 0.3) is 0 Å². The zero-order valence-electron chi connectivity index (χ0n) is 13.2. The van der Waals surface area contributed by atoms with Gasteiger partial charge in [-0.1, -0.05) is 36.4 Å². The van der Waals surface area contributed by atoms with Gasteiger partial charge in [-0.15, -0.1) is 6.58 Å². The molecule has 0 saturated carbocycles.